The number of hydrogen-bond acceptors (Lipinski definition) is 3. The van der Waals surface area contributed by atoms with E-state index in [1.807, 2.05) is 0 Å². The van der Waals surface area contributed by atoms with Crippen molar-refractivity contribution in [3.05, 3.63) is 57.8 Å². The fourth-order valence-corrected chi connectivity index (χ4v) is 2.58. The van der Waals surface area contributed by atoms with E-state index in [9.17, 15) is 9.50 Å². The van der Waals surface area contributed by atoms with E-state index in [-0.39, 0.29) is 5.56 Å². The summed E-state index contributed by atoms with van der Waals surface area (Å²) in [7, 11) is 0. The fourth-order valence-electron chi connectivity index (χ4n) is 2.20. The van der Waals surface area contributed by atoms with Crippen LogP contribution in [-0.2, 0) is 0 Å². The van der Waals surface area contributed by atoms with Crippen LogP contribution in [0.15, 0.2) is 40.9 Å². The van der Waals surface area contributed by atoms with E-state index in [2.05, 4.69) is 15.9 Å². The van der Waals surface area contributed by atoms with Crippen LogP contribution in [0.2, 0.25) is 0 Å². The van der Waals surface area contributed by atoms with Gasteiger partial charge in [0.1, 0.15) is 25.1 Å². The number of ether oxygens (including phenoxy) is 2. The van der Waals surface area contributed by atoms with E-state index < -0.39 is 11.9 Å². The smallest absolute Gasteiger partial charge is 0.167 e. The van der Waals surface area contributed by atoms with Gasteiger partial charge in [0.2, 0.25) is 0 Å². The first-order valence-corrected chi connectivity index (χ1v) is 6.97. The largest absolute Gasteiger partial charge is 0.486 e. The minimum atomic E-state index is -1.11. The lowest BCUT2D eigenvalue weighted by Gasteiger charge is -2.23. The summed E-state index contributed by atoms with van der Waals surface area (Å²) in [5, 5.41) is 10.5. The molecule has 0 radical (unpaired) electrons. The monoisotopic (exact) mass is 338 g/mol. The van der Waals surface area contributed by atoms with Gasteiger partial charge in [-0.1, -0.05) is 28.1 Å². The van der Waals surface area contributed by atoms with Crippen LogP contribution in [0, 0.1) is 5.82 Å². The van der Waals surface area contributed by atoms with Gasteiger partial charge in [-0.3, -0.25) is 0 Å². The first-order valence-electron chi connectivity index (χ1n) is 6.18. The molecule has 104 valence electrons. The van der Waals surface area contributed by atoms with E-state index in [0.29, 0.717) is 34.7 Å². The summed E-state index contributed by atoms with van der Waals surface area (Å²) in [5.41, 5.74) is 0.696. The maximum absolute atomic E-state index is 13.9. The lowest BCUT2D eigenvalue weighted by molar-refractivity contribution is 0.157. The predicted octanol–water partition coefficient (Wildman–Crippen LogP) is 3.44. The van der Waals surface area contributed by atoms with Gasteiger partial charge < -0.3 is 14.6 Å². The molecule has 0 spiro atoms. The molecule has 0 saturated heterocycles. The van der Waals surface area contributed by atoms with Crippen molar-refractivity contribution in [2.24, 2.45) is 0 Å². The molecule has 1 atom stereocenters. The van der Waals surface area contributed by atoms with Gasteiger partial charge in [0.05, 0.1) is 0 Å². The Balaban J connectivity index is 2.06. The van der Waals surface area contributed by atoms with Crippen molar-refractivity contribution in [1.29, 1.82) is 0 Å². The Morgan fingerprint density at radius 2 is 1.90 bits per heavy atom. The van der Waals surface area contributed by atoms with Crippen LogP contribution in [0.5, 0.6) is 11.5 Å². The maximum atomic E-state index is 13.9. The Bertz CT molecular complexity index is 645. The Morgan fingerprint density at radius 3 is 2.75 bits per heavy atom. The van der Waals surface area contributed by atoms with Crippen molar-refractivity contribution in [1.82, 2.24) is 0 Å². The van der Waals surface area contributed by atoms with E-state index in [0.717, 1.165) is 0 Å². The van der Waals surface area contributed by atoms with Gasteiger partial charge in [0.15, 0.2) is 11.5 Å². The molecular weight excluding hydrogens is 327 g/mol. The molecule has 1 heterocycles. The number of halogens is 2. The molecule has 0 amide bonds. The SMILES string of the molecule is OC(c1cc(Br)ccc1F)c1cccc2c1OCCO2. The first-order chi connectivity index (χ1) is 9.66. The van der Waals surface area contributed by atoms with Gasteiger partial charge in [0, 0.05) is 15.6 Å². The molecule has 0 bridgehead atoms. The van der Waals surface area contributed by atoms with E-state index in [4.69, 9.17) is 9.47 Å². The van der Waals surface area contributed by atoms with Crippen LogP contribution >= 0.6 is 15.9 Å². The molecule has 1 aliphatic heterocycles. The molecule has 0 aromatic heterocycles. The highest BCUT2D eigenvalue weighted by Gasteiger charge is 2.23. The summed E-state index contributed by atoms with van der Waals surface area (Å²) < 4.78 is 25.6. The zero-order valence-electron chi connectivity index (χ0n) is 10.5. The normalized spacial score (nSPS) is 14.9. The van der Waals surface area contributed by atoms with Gasteiger partial charge in [0.25, 0.3) is 0 Å². The van der Waals surface area contributed by atoms with Crippen molar-refractivity contribution >= 4 is 15.9 Å². The maximum Gasteiger partial charge on any atom is 0.167 e. The van der Waals surface area contributed by atoms with E-state index in [1.165, 1.54) is 6.07 Å². The summed E-state index contributed by atoms with van der Waals surface area (Å²) in [6.45, 7) is 0.884. The van der Waals surface area contributed by atoms with Gasteiger partial charge in [-0.05, 0) is 24.3 Å². The van der Waals surface area contributed by atoms with Crippen LogP contribution in [-0.4, -0.2) is 18.3 Å². The van der Waals surface area contributed by atoms with Crippen molar-refractivity contribution in [3.8, 4) is 11.5 Å². The summed E-state index contributed by atoms with van der Waals surface area (Å²) in [4.78, 5) is 0. The van der Waals surface area contributed by atoms with Crippen molar-refractivity contribution in [3.63, 3.8) is 0 Å². The average Bonchev–Trinajstić information content (AvgIpc) is 2.48. The van der Waals surface area contributed by atoms with Crippen LogP contribution in [0.4, 0.5) is 4.39 Å². The molecule has 2 aromatic rings. The minimum absolute atomic E-state index is 0.196. The molecule has 20 heavy (non-hydrogen) atoms. The van der Waals surface area contributed by atoms with E-state index in [1.54, 1.807) is 30.3 Å². The Hall–Kier alpha value is -1.59. The number of benzene rings is 2. The quantitative estimate of drug-likeness (QED) is 0.911. The zero-order valence-corrected chi connectivity index (χ0v) is 12.1. The molecule has 1 aliphatic rings. The number of para-hydroxylation sites is 1. The molecule has 0 saturated carbocycles. The molecule has 1 N–H and O–H groups in total. The molecule has 3 rings (SSSR count). The van der Waals surface area contributed by atoms with Crippen LogP contribution < -0.4 is 9.47 Å². The molecular formula is C15H12BrFO3. The van der Waals surface area contributed by atoms with Crippen LogP contribution in [0.1, 0.15) is 17.2 Å². The number of hydrogen-bond donors (Lipinski definition) is 1. The topological polar surface area (TPSA) is 38.7 Å². The predicted molar refractivity (Wildman–Crippen MR) is 75.6 cm³/mol. The molecule has 2 aromatic carbocycles. The third-order valence-corrected chi connectivity index (χ3v) is 3.64. The summed E-state index contributed by atoms with van der Waals surface area (Å²) in [6, 6.07) is 9.69. The lowest BCUT2D eigenvalue weighted by atomic mass is 9.99. The first kappa shape index (κ1) is 13.4. The molecule has 0 fully saturated rings. The number of aliphatic hydroxyl groups is 1. The summed E-state index contributed by atoms with van der Waals surface area (Å²) in [5.74, 6) is 0.587. The molecule has 5 heteroatoms. The summed E-state index contributed by atoms with van der Waals surface area (Å²) in [6.07, 6.45) is -1.11. The zero-order chi connectivity index (χ0) is 14.1. The second kappa shape index (κ2) is 5.42. The Morgan fingerprint density at radius 1 is 1.10 bits per heavy atom. The molecule has 0 aliphatic carbocycles. The standard InChI is InChI=1S/C15H12BrFO3/c16-9-4-5-12(17)11(8-9)14(18)10-2-1-3-13-15(10)20-7-6-19-13/h1-5,8,14,18H,6-7H2. The van der Waals surface area contributed by atoms with Crippen molar-refractivity contribution in [2.45, 2.75) is 6.10 Å². The Kier molecular flexibility index (Phi) is 3.63. The Labute approximate surface area is 124 Å². The third-order valence-electron chi connectivity index (χ3n) is 3.14. The lowest BCUT2D eigenvalue weighted by Crippen LogP contribution is -2.17. The molecule has 1 unspecified atom stereocenters. The van der Waals surface area contributed by atoms with Gasteiger partial charge >= 0.3 is 0 Å². The van der Waals surface area contributed by atoms with Gasteiger partial charge in [-0.25, -0.2) is 4.39 Å². The van der Waals surface area contributed by atoms with Gasteiger partial charge in [-0.2, -0.15) is 0 Å². The summed E-state index contributed by atoms with van der Waals surface area (Å²) >= 11 is 3.28. The van der Waals surface area contributed by atoms with Crippen molar-refractivity contribution in [2.75, 3.05) is 13.2 Å². The number of rotatable bonds is 2. The highest BCUT2D eigenvalue weighted by Crippen LogP contribution is 2.39. The second-order valence-electron chi connectivity index (χ2n) is 4.44. The minimum Gasteiger partial charge on any atom is -0.486 e. The second-order valence-corrected chi connectivity index (χ2v) is 5.36. The number of fused-ring (bicyclic) bond motifs is 1. The molecule has 3 nitrogen and oxygen atoms in total. The van der Waals surface area contributed by atoms with Gasteiger partial charge in [-0.15, -0.1) is 0 Å². The van der Waals surface area contributed by atoms with E-state index >= 15 is 0 Å². The number of aliphatic hydroxyl groups excluding tert-OH is 1. The average molecular weight is 339 g/mol. The highest BCUT2D eigenvalue weighted by atomic mass is 79.9. The highest BCUT2D eigenvalue weighted by molar-refractivity contribution is 9.10. The van der Waals surface area contributed by atoms with Crippen molar-refractivity contribution < 1.29 is 19.0 Å². The third kappa shape index (κ3) is 2.39. The van der Waals surface area contributed by atoms with Crippen LogP contribution in [0.3, 0.4) is 0 Å². The fraction of sp³-hybridized carbons (Fsp3) is 0.200. The van der Waals surface area contributed by atoms with Crippen LogP contribution in [0.25, 0.3) is 0 Å².